The maximum atomic E-state index is 12.8. The normalized spacial score (nSPS) is 19.7. The third-order valence-corrected chi connectivity index (χ3v) is 5.88. The van der Waals surface area contributed by atoms with Crippen molar-refractivity contribution in [1.82, 2.24) is 9.97 Å². The van der Waals surface area contributed by atoms with Crippen molar-refractivity contribution >= 4 is 22.8 Å². The third-order valence-electron chi connectivity index (χ3n) is 5.88. The van der Waals surface area contributed by atoms with Crippen molar-refractivity contribution in [3.05, 3.63) is 30.0 Å². The molecule has 3 rings (SSSR count). The van der Waals surface area contributed by atoms with Gasteiger partial charge in [0, 0.05) is 13.1 Å². The first kappa shape index (κ1) is 23.0. The van der Waals surface area contributed by atoms with Gasteiger partial charge in [0.1, 0.15) is 5.69 Å². The number of piperidine rings is 1. The Kier molecular flexibility index (Phi) is 8.22. The van der Waals surface area contributed by atoms with Crippen LogP contribution < -0.4 is 4.90 Å². The van der Waals surface area contributed by atoms with Crippen molar-refractivity contribution in [2.75, 3.05) is 24.6 Å². The zero-order chi connectivity index (χ0) is 22.2. The molecule has 1 aromatic heterocycles. The Morgan fingerprint density at radius 1 is 1.13 bits per heavy atom. The van der Waals surface area contributed by atoms with E-state index >= 15 is 0 Å². The smallest absolute Gasteiger partial charge is 0.329 e. The quantitative estimate of drug-likeness (QED) is 0.406. The molecule has 6 nitrogen and oxygen atoms in total. The standard InChI is InChI=1S/C25H34N4O2/c1-4-5-6-7-10-13-31-25(30)20(15-26)23-24(29-16-18(2)14-19(3)17-29)28-22-12-9-8-11-21(22)27-23/h8-9,11-12,18-20H,4-7,10,13-14,16-17H2,1-3H3/t18-,19+,20-/m1/s1. The Hall–Kier alpha value is -2.68. The number of nitrogens with zero attached hydrogens (tertiary/aromatic N) is 4. The number of anilines is 1. The van der Waals surface area contributed by atoms with Crippen LogP contribution in [0.25, 0.3) is 11.0 Å². The Morgan fingerprint density at radius 3 is 2.42 bits per heavy atom. The predicted molar refractivity (Wildman–Crippen MR) is 123 cm³/mol. The monoisotopic (exact) mass is 422 g/mol. The fraction of sp³-hybridized carbons (Fsp3) is 0.600. The average Bonchev–Trinajstić information content (AvgIpc) is 2.75. The van der Waals surface area contributed by atoms with Gasteiger partial charge in [0.15, 0.2) is 11.7 Å². The molecule has 2 heterocycles. The summed E-state index contributed by atoms with van der Waals surface area (Å²) in [4.78, 5) is 24.6. The van der Waals surface area contributed by atoms with E-state index in [2.05, 4.69) is 31.7 Å². The van der Waals surface area contributed by atoms with Gasteiger partial charge in [-0.15, -0.1) is 0 Å². The number of carbonyl (C=O) groups excluding carboxylic acids is 1. The first-order chi connectivity index (χ1) is 15.0. The predicted octanol–water partition coefficient (Wildman–Crippen LogP) is 5.23. The Balaban J connectivity index is 1.85. The van der Waals surface area contributed by atoms with E-state index < -0.39 is 11.9 Å². The summed E-state index contributed by atoms with van der Waals surface area (Å²) in [6.07, 6.45) is 6.52. The van der Waals surface area contributed by atoms with Gasteiger partial charge >= 0.3 is 5.97 Å². The number of rotatable bonds is 9. The number of hydrogen-bond donors (Lipinski definition) is 0. The molecule has 6 heteroatoms. The summed E-state index contributed by atoms with van der Waals surface area (Å²) in [7, 11) is 0. The highest BCUT2D eigenvalue weighted by Crippen LogP contribution is 2.32. The number of nitriles is 1. The number of aromatic nitrogens is 2. The average molecular weight is 423 g/mol. The lowest BCUT2D eigenvalue weighted by Crippen LogP contribution is -2.40. The second kappa shape index (κ2) is 11.1. The maximum absolute atomic E-state index is 12.8. The highest BCUT2D eigenvalue weighted by Gasteiger charge is 2.32. The second-order valence-corrected chi connectivity index (χ2v) is 8.92. The van der Waals surface area contributed by atoms with Gasteiger partial charge in [-0.05, 0) is 36.8 Å². The molecular weight excluding hydrogens is 388 g/mol. The van der Waals surface area contributed by atoms with Crippen LogP contribution in [0.15, 0.2) is 24.3 Å². The van der Waals surface area contributed by atoms with Crippen LogP contribution in [0.4, 0.5) is 5.82 Å². The molecule has 0 aliphatic carbocycles. The van der Waals surface area contributed by atoms with Crippen molar-refractivity contribution < 1.29 is 9.53 Å². The SMILES string of the molecule is CCCCCCCOC(=O)[C@H](C#N)c1nc2ccccc2nc1N1C[C@H](C)C[C@H](C)C1. The van der Waals surface area contributed by atoms with E-state index in [0.29, 0.717) is 35.5 Å². The fourth-order valence-corrected chi connectivity index (χ4v) is 4.45. The lowest BCUT2D eigenvalue weighted by Gasteiger charge is -2.36. The molecule has 2 aromatic rings. The number of benzene rings is 1. The molecule has 1 aliphatic rings. The molecule has 166 valence electrons. The molecule has 0 bridgehead atoms. The summed E-state index contributed by atoms with van der Waals surface area (Å²) >= 11 is 0. The van der Waals surface area contributed by atoms with E-state index in [-0.39, 0.29) is 0 Å². The zero-order valence-electron chi connectivity index (χ0n) is 19.0. The van der Waals surface area contributed by atoms with Crippen molar-refractivity contribution in [3.63, 3.8) is 0 Å². The third kappa shape index (κ3) is 5.94. The Bertz CT molecular complexity index is 913. The van der Waals surface area contributed by atoms with Gasteiger partial charge in [-0.25, -0.2) is 9.97 Å². The summed E-state index contributed by atoms with van der Waals surface area (Å²) < 4.78 is 5.48. The Labute approximate surface area is 185 Å². The zero-order valence-corrected chi connectivity index (χ0v) is 19.0. The molecular formula is C25H34N4O2. The van der Waals surface area contributed by atoms with Crippen molar-refractivity contribution in [2.24, 2.45) is 11.8 Å². The number of esters is 1. The molecule has 1 aromatic carbocycles. The summed E-state index contributed by atoms with van der Waals surface area (Å²) in [5.74, 6) is 0.0710. The molecule has 0 spiro atoms. The minimum atomic E-state index is -1.07. The molecule has 0 amide bonds. The van der Waals surface area contributed by atoms with Gasteiger partial charge in [-0.3, -0.25) is 4.79 Å². The molecule has 3 atom stereocenters. The van der Waals surface area contributed by atoms with Crippen LogP contribution in [0.1, 0.15) is 70.9 Å². The van der Waals surface area contributed by atoms with Crippen molar-refractivity contribution in [2.45, 2.75) is 65.2 Å². The summed E-state index contributed by atoms with van der Waals surface area (Å²) in [6.45, 7) is 8.65. The highest BCUT2D eigenvalue weighted by molar-refractivity contribution is 5.85. The minimum Gasteiger partial charge on any atom is -0.464 e. The molecule has 31 heavy (non-hydrogen) atoms. The summed E-state index contributed by atoms with van der Waals surface area (Å²) in [5.41, 5.74) is 1.87. The largest absolute Gasteiger partial charge is 0.464 e. The van der Waals surface area contributed by atoms with Crippen LogP contribution in [-0.2, 0) is 9.53 Å². The maximum Gasteiger partial charge on any atom is 0.329 e. The van der Waals surface area contributed by atoms with E-state index in [1.165, 1.54) is 12.8 Å². The van der Waals surface area contributed by atoms with Crippen LogP contribution >= 0.6 is 0 Å². The number of unbranched alkanes of at least 4 members (excludes halogenated alkanes) is 4. The van der Waals surface area contributed by atoms with Gasteiger partial charge in [0.2, 0.25) is 0 Å². The van der Waals surface area contributed by atoms with Crippen LogP contribution in [0.5, 0.6) is 0 Å². The van der Waals surface area contributed by atoms with Crippen LogP contribution in [-0.4, -0.2) is 35.6 Å². The molecule has 0 saturated carbocycles. The molecule has 1 aliphatic heterocycles. The summed E-state index contributed by atoms with van der Waals surface area (Å²) in [6, 6.07) is 9.74. The van der Waals surface area contributed by atoms with E-state index in [1.54, 1.807) is 0 Å². The lowest BCUT2D eigenvalue weighted by molar-refractivity contribution is -0.144. The van der Waals surface area contributed by atoms with E-state index in [0.717, 1.165) is 44.3 Å². The van der Waals surface area contributed by atoms with E-state index in [1.807, 2.05) is 24.3 Å². The highest BCUT2D eigenvalue weighted by atomic mass is 16.5. The van der Waals surface area contributed by atoms with Crippen LogP contribution in [0, 0.1) is 23.2 Å². The van der Waals surface area contributed by atoms with Gasteiger partial charge in [0.25, 0.3) is 0 Å². The lowest BCUT2D eigenvalue weighted by atomic mass is 9.91. The molecule has 0 N–H and O–H groups in total. The number of hydrogen-bond acceptors (Lipinski definition) is 6. The van der Waals surface area contributed by atoms with Crippen LogP contribution in [0.3, 0.4) is 0 Å². The topological polar surface area (TPSA) is 79.1 Å². The van der Waals surface area contributed by atoms with Crippen molar-refractivity contribution in [3.8, 4) is 6.07 Å². The molecule has 0 unspecified atom stereocenters. The van der Waals surface area contributed by atoms with Gasteiger partial charge in [-0.2, -0.15) is 5.26 Å². The van der Waals surface area contributed by atoms with Gasteiger partial charge in [0.05, 0.1) is 23.7 Å². The minimum absolute atomic E-state index is 0.342. The molecule has 1 saturated heterocycles. The van der Waals surface area contributed by atoms with E-state index in [9.17, 15) is 10.1 Å². The molecule has 1 fully saturated rings. The van der Waals surface area contributed by atoms with Gasteiger partial charge < -0.3 is 9.64 Å². The first-order valence-corrected chi connectivity index (χ1v) is 11.6. The van der Waals surface area contributed by atoms with Crippen LogP contribution in [0.2, 0.25) is 0 Å². The number of ether oxygens (including phenoxy) is 1. The number of para-hydroxylation sites is 2. The van der Waals surface area contributed by atoms with Crippen molar-refractivity contribution in [1.29, 1.82) is 5.26 Å². The fourth-order valence-electron chi connectivity index (χ4n) is 4.45. The second-order valence-electron chi connectivity index (χ2n) is 8.92. The summed E-state index contributed by atoms with van der Waals surface area (Å²) in [5, 5.41) is 9.88. The van der Waals surface area contributed by atoms with E-state index in [4.69, 9.17) is 14.7 Å². The molecule has 0 radical (unpaired) electrons. The van der Waals surface area contributed by atoms with Gasteiger partial charge in [-0.1, -0.05) is 58.6 Å². The Morgan fingerprint density at radius 2 is 1.77 bits per heavy atom. The number of carbonyl (C=O) groups is 1. The first-order valence-electron chi connectivity index (χ1n) is 11.6. The number of fused-ring (bicyclic) bond motifs is 1.